The van der Waals surface area contributed by atoms with Crippen molar-refractivity contribution in [2.75, 3.05) is 11.9 Å². The minimum Gasteiger partial charge on any atom is -0.494 e. The molecule has 5 nitrogen and oxygen atoms in total. The fraction of sp³-hybridized carbons (Fsp3) is 0.208. The van der Waals surface area contributed by atoms with Crippen molar-refractivity contribution in [1.82, 2.24) is 4.98 Å². The summed E-state index contributed by atoms with van der Waals surface area (Å²) in [5, 5.41) is 12.7. The highest BCUT2D eigenvalue weighted by Crippen LogP contribution is 2.30. The first-order valence-corrected chi connectivity index (χ1v) is 10.5. The SMILES string of the molecule is CCCOc1ccc(/C=C(\C#N)C(=O)Nc2nc(-c3ccc(C)cc3)c(C)s2)cc1. The monoisotopic (exact) mass is 417 g/mol. The molecule has 0 radical (unpaired) electrons. The molecule has 0 aliphatic heterocycles. The Labute approximate surface area is 180 Å². The lowest BCUT2D eigenvalue weighted by Gasteiger charge is -2.04. The Morgan fingerprint density at radius 2 is 1.87 bits per heavy atom. The number of benzene rings is 2. The summed E-state index contributed by atoms with van der Waals surface area (Å²) in [6.07, 6.45) is 2.49. The average Bonchev–Trinajstić information content (AvgIpc) is 3.11. The zero-order valence-electron chi connectivity index (χ0n) is 17.2. The Balaban J connectivity index is 1.74. The van der Waals surface area contributed by atoms with Crippen LogP contribution in [0.5, 0.6) is 5.75 Å². The third-order valence-electron chi connectivity index (χ3n) is 4.37. The third-order valence-corrected chi connectivity index (χ3v) is 5.26. The van der Waals surface area contributed by atoms with E-state index in [4.69, 9.17) is 4.74 Å². The normalized spacial score (nSPS) is 11.1. The number of hydrogen-bond donors (Lipinski definition) is 1. The summed E-state index contributed by atoms with van der Waals surface area (Å²) in [5.74, 6) is 0.284. The van der Waals surface area contributed by atoms with Crippen LogP contribution in [0.3, 0.4) is 0 Å². The van der Waals surface area contributed by atoms with Crippen LogP contribution in [0, 0.1) is 25.2 Å². The second-order valence-corrected chi connectivity index (χ2v) is 8.03. The molecule has 0 aliphatic carbocycles. The van der Waals surface area contributed by atoms with Gasteiger partial charge >= 0.3 is 0 Å². The molecule has 0 saturated heterocycles. The quantitative estimate of drug-likeness (QED) is 0.392. The van der Waals surface area contributed by atoms with Crippen LogP contribution in [0.25, 0.3) is 17.3 Å². The Bertz CT molecular complexity index is 1090. The van der Waals surface area contributed by atoms with Gasteiger partial charge in [-0.3, -0.25) is 10.1 Å². The second-order valence-electron chi connectivity index (χ2n) is 6.83. The summed E-state index contributed by atoms with van der Waals surface area (Å²) in [4.78, 5) is 18.1. The highest BCUT2D eigenvalue weighted by molar-refractivity contribution is 7.16. The van der Waals surface area contributed by atoms with Gasteiger partial charge in [0.15, 0.2) is 5.13 Å². The Morgan fingerprint density at radius 1 is 1.17 bits per heavy atom. The van der Waals surface area contributed by atoms with Crippen molar-refractivity contribution in [3.05, 3.63) is 70.1 Å². The van der Waals surface area contributed by atoms with E-state index in [9.17, 15) is 10.1 Å². The number of amides is 1. The van der Waals surface area contributed by atoms with E-state index in [1.807, 2.05) is 75.4 Å². The smallest absolute Gasteiger partial charge is 0.268 e. The highest BCUT2D eigenvalue weighted by Gasteiger charge is 2.15. The van der Waals surface area contributed by atoms with Crippen molar-refractivity contribution in [2.45, 2.75) is 27.2 Å². The third kappa shape index (κ3) is 5.34. The second kappa shape index (κ2) is 9.86. The van der Waals surface area contributed by atoms with E-state index < -0.39 is 5.91 Å². The molecule has 2 aromatic carbocycles. The van der Waals surface area contributed by atoms with Crippen LogP contribution in [0.4, 0.5) is 5.13 Å². The Morgan fingerprint density at radius 3 is 2.50 bits per heavy atom. The van der Waals surface area contributed by atoms with Crippen molar-refractivity contribution in [1.29, 1.82) is 5.26 Å². The summed E-state index contributed by atoms with van der Waals surface area (Å²) in [6.45, 7) is 6.69. The lowest BCUT2D eigenvalue weighted by atomic mass is 10.1. The molecule has 0 bridgehead atoms. The van der Waals surface area contributed by atoms with Gasteiger partial charge in [0.25, 0.3) is 5.91 Å². The van der Waals surface area contributed by atoms with E-state index in [1.54, 1.807) is 6.08 Å². The van der Waals surface area contributed by atoms with Crippen molar-refractivity contribution in [2.24, 2.45) is 0 Å². The maximum atomic E-state index is 12.6. The first kappa shape index (κ1) is 21.3. The Hall–Kier alpha value is -3.43. The summed E-state index contributed by atoms with van der Waals surface area (Å²) >= 11 is 1.39. The molecule has 0 fully saturated rings. The number of aryl methyl sites for hydroxylation is 2. The maximum Gasteiger partial charge on any atom is 0.268 e. The van der Waals surface area contributed by atoms with Crippen LogP contribution in [0.15, 0.2) is 54.1 Å². The van der Waals surface area contributed by atoms with Crippen molar-refractivity contribution in [3.63, 3.8) is 0 Å². The van der Waals surface area contributed by atoms with Crippen molar-refractivity contribution in [3.8, 4) is 23.1 Å². The number of aromatic nitrogens is 1. The van der Waals surface area contributed by atoms with Crippen LogP contribution in [0.2, 0.25) is 0 Å². The van der Waals surface area contributed by atoms with Gasteiger partial charge in [0.1, 0.15) is 17.4 Å². The average molecular weight is 418 g/mol. The molecular weight excluding hydrogens is 394 g/mol. The summed E-state index contributed by atoms with van der Waals surface area (Å²) in [7, 11) is 0. The van der Waals surface area contributed by atoms with E-state index in [0.717, 1.165) is 33.9 Å². The van der Waals surface area contributed by atoms with E-state index >= 15 is 0 Å². The lowest BCUT2D eigenvalue weighted by molar-refractivity contribution is -0.112. The van der Waals surface area contributed by atoms with Gasteiger partial charge in [0.05, 0.1) is 12.3 Å². The van der Waals surface area contributed by atoms with Gasteiger partial charge < -0.3 is 4.74 Å². The van der Waals surface area contributed by atoms with Crippen LogP contribution in [0.1, 0.15) is 29.3 Å². The number of rotatable bonds is 7. The number of thiazole rings is 1. The Kier molecular flexibility index (Phi) is 6.99. The van der Waals surface area contributed by atoms with Crippen molar-refractivity contribution >= 4 is 28.5 Å². The van der Waals surface area contributed by atoms with E-state index in [-0.39, 0.29) is 5.57 Å². The van der Waals surface area contributed by atoms with E-state index in [0.29, 0.717) is 11.7 Å². The molecule has 30 heavy (non-hydrogen) atoms. The first-order valence-electron chi connectivity index (χ1n) is 9.70. The number of ether oxygens (including phenoxy) is 1. The predicted octanol–water partition coefficient (Wildman–Crippen LogP) is 5.76. The topological polar surface area (TPSA) is 75.0 Å². The fourth-order valence-corrected chi connectivity index (χ4v) is 3.62. The molecule has 0 atom stereocenters. The molecule has 0 spiro atoms. The molecule has 1 heterocycles. The van der Waals surface area contributed by atoms with Gasteiger partial charge in [-0.15, -0.1) is 11.3 Å². The van der Waals surface area contributed by atoms with Crippen LogP contribution in [-0.4, -0.2) is 17.5 Å². The van der Waals surface area contributed by atoms with Gasteiger partial charge in [-0.2, -0.15) is 5.26 Å². The number of nitriles is 1. The largest absolute Gasteiger partial charge is 0.494 e. The summed E-state index contributed by atoms with van der Waals surface area (Å²) in [6, 6.07) is 17.3. The molecule has 1 amide bonds. The molecule has 1 N–H and O–H groups in total. The number of anilines is 1. The number of nitrogens with zero attached hydrogens (tertiary/aromatic N) is 2. The molecule has 0 aliphatic rings. The molecule has 152 valence electrons. The number of nitrogens with one attached hydrogen (secondary N) is 1. The van der Waals surface area contributed by atoms with Crippen molar-refractivity contribution < 1.29 is 9.53 Å². The van der Waals surface area contributed by atoms with E-state index in [1.165, 1.54) is 16.9 Å². The van der Waals surface area contributed by atoms with Gasteiger partial charge in [-0.25, -0.2) is 4.98 Å². The van der Waals surface area contributed by atoms with Crippen LogP contribution >= 0.6 is 11.3 Å². The number of hydrogen-bond acceptors (Lipinski definition) is 5. The number of carbonyl (C=O) groups is 1. The molecule has 0 unspecified atom stereocenters. The standard InChI is InChI=1S/C24H23N3O2S/c1-4-13-29-21-11-7-18(8-12-21)14-20(15-25)23(28)27-24-26-22(17(3)30-24)19-9-5-16(2)6-10-19/h5-12,14H,4,13H2,1-3H3,(H,26,27,28)/b20-14+. The fourth-order valence-electron chi connectivity index (χ4n) is 2.79. The minimum absolute atomic E-state index is 0.0157. The lowest BCUT2D eigenvalue weighted by Crippen LogP contribution is -2.13. The maximum absolute atomic E-state index is 12.6. The molecule has 6 heteroatoms. The zero-order chi connectivity index (χ0) is 21.5. The van der Waals surface area contributed by atoms with Gasteiger partial charge in [-0.05, 0) is 44.0 Å². The first-order chi connectivity index (χ1) is 14.5. The zero-order valence-corrected chi connectivity index (χ0v) is 18.0. The van der Waals surface area contributed by atoms with Gasteiger partial charge in [-0.1, -0.05) is 48.9 Å². The summed E-state index contributed by atoms with van der Waals surface area (Å²) in [5.41, 5.74) is 3.77. The number of carbonyl (C=O) groups excluding carboxylic acids is 1. The van der Waals surface area contributed by atoms with Gasteiger partial charge in [0, 0.05) is 10.4 Å². The summed E-state index contributed by atoms with van der Waals surface area (Å²) < 4.78 is 5.55. The molecule has 3 aromatic rings. The molecule has 1 aromatic heterocycles. The molecular formula is C24H23N3O2S. The molecule has 0 saturated carbocycles. The molecule has 3 rings (SSSR count). The minimum atomic E-state index is -0.479. The van der Waals surface area contributed by atoms with Crippen LogP contribution in [-0.2, 0) is 4.79 Å². The van der Waals surface area contributed by atoms with Gasteiger partial charge in [0.2, 0.25) is 0 Å². The predicted molar refractivity (Wildman–Crippen MR) is 121 cm³/mol. The van der Waals surface area contributed by atoms with Crippen LogP contribution < -0.4 is 10.1 Å². The van der Waals surface area contributed by atoms with E-state index in [2.05, 4.69) is 10.3 Å². The highest BCUT2D eigenvalue weighted by atomic mass is 32.1.